The zero-order chi connectivity index (χ0) is 52.1. The minimum absolute atomic E-state index is 0.0936. The summed E-state index contributed by atoms with van der Waals surface area (Å²) in [6.45, 7) is 10.5. The second-order valence-corrected chi connectivity index (χ2v) is 16.9. The highest BCUT2D eigenvalue weighted by molar-refractivity contribution is 5.80. The molecule has 0 saturated carbocycles. The van der Waals surface area contributed by atoms with Crippen molar-refractivity contribution in [1.82, 2.24) is 0 Å². The quantitative estimate of drug-likeness (QED) is 0.0485. The van der Waals surface area contributed by atoms with Crippen LogP contribution >= 0.6 is 0 Å². The molecule has 0 aliphatic heterocycles. The van der Waals surface area contributed by atoms with Gasteiger partial charge in [0, 0.05) is 6.42 Å². The van der Waals surface area contributed by atoms with E-state index in [1.807, 2.05) is 6.92 Å². The minimum atomic E-state index is -5.32. The molecule has 0 atom stereocenters. The van der Waals surface area contributed by atoms with Crippen molar-refractivity contribution in [2.75, 3.05) is 39.6 Å². The Hall–Kier alpha value is -4.09. The van der Waals surface area contributed by atoms with Crippen molar-refractivity contribution < 1.29 is 114 Å². The molecule has 0 rings (SSSR count). The van der Waals surface area contributed by atoms with Crippen LogP contribution in [0.5, 0.6) is 0 Å². The predicted molar refractivity (Wildman–Crippen MR) is 203 cm³/mol. The highest BCUT2D eigenvalue weighted by Crippen LogP contribution is 2.39. The van der Waals surface area contributed by atoms with Crippen LogP contribution in [0.1, 0.15) is 128 Å². The van der Waals surface area contributed by atoms with Crippen LogP contribution in [0.25, 0.3) is 0 Å². The molecule has 0 amide bonds. The van der Waals surface area contributed by atoms with Crippen molar-refractivity contribution in [1.29, 1.82) is 0 Å². The topological polar surface area (TPSA) is 158 Å². The number of halogens is 13. The SMILES string of the molecule is CCC(C)(C)C(=O)OCC(=O)OCC(F)(F)CC(C)(F)F.CCC(C)(C)C(=O)OCC(=O)OCC(F)(F)CC(F)(F)CC(F)(F)F.CCC(C)(C)C(=O)OCCC(=O)OCCC(C)(F)F. The first-order chi connectivity index (χ1) is 28.9. The van der Waals surface area contributed by atoms with Crippen LogP contribution in [-0.2, 0) is 57.2 Å². The average Bonchev–Trinajstić information content (AvgIpc) is 3.11. The molecule has 0 aromatic heterocycles. The average molecular weight is 981 g/mol. The Bertz CT molecular complexity index is 1500. The van der Waals surface area contributed by atoms with Crippen molar-refractivity contribution in [2.45, 2.75) is 163 Å². The molecule has 0 unspecified atom stereocenters. The Morgan fingerprint density at radius 3 is 1.06 bits per heavy atom. The number of rotatable bonds is 25. The van der Waals surface area contributed by atoms with E-state index in [-0.39, 0.29) is 25.6 Å². The van der Waals surface area contributed by atoms with E-state index in [9.17, 15) is 85.8 Å². The van der Waals surface area contributed by atoms with Crippen molar-refractivity contribution in [3.8, 4) is 0 Å². The maximum Gasteiger partial charge on any atom is 0.394 e. The van der Waals surface area contributed by atoms with E-state index in [0.29, 0.717) is 26.2 Å². The number of ether oxygens (including phenoxy) is 6. The molecule has 0 saturated heterocycles. The number of hydrogen-bond donors (Lipinski definition) is 0. The van der Waals surface area contributed by atoms with Gasteiger partial charge in [-0.15, -0.1) is 0 Å². The van der Waals surface area contributed by atoms with Crippen LogP contribution in [0.3, 0.4) is 0 Å². The summed E-state index contributed by atoms with van der Waals surface area (Å²) < 4.78 is 191. The Labute approximate surface area is 369 Å². The van der Waals surface area contributed by atoms with Crippen LogP contribution in [-0.4, -0.2) is 111 Å². The third kappa shape index (κ3) is 34.9. The first-order valence-corrected chi connectivity index (χ1v) is 19.8. The summed E-state index contributed by atoms with van der Waals surface area (Å²) in [5.74, 6) is -24.5. The van der Waals surface area contributed by atoms with Crippen molar-refractivity contribution in [2.24, 2.45) is 16.2 Å². The standard InChI is InChI=1S/C14H19F7O4.C13H20F4O4.C13H22F2O4/c1-4-11(2,3)10(23)24-5-9(22)25-8-13(17,18)6-12(15,16)7-14(19,20)21;1-5-11(2,3)10(19)20-6-9(18)21-8-13(16,17)7-12(4,14)15;1-5-12(2,3)11(17)19-8-6-10(16)18-9-7-13(4,14)15/h4-8H2,1-3H3;5-8H2,1-4H3;5-9H2,1-4H3. The molecule has 0 N–H and O–H groups in total. The van der Waals surface area contributed by atoms with Crippen LogP contribution in [0, 0.1) is 16.2 Å². The van der Waals surface area contributed by atoms with Crippen molar-refractivity contribution in [3.05, 3.63) is 0 Å². The molecule has 0 bridgehead atoms. The van der Waals surface area contributed by atoms with Gasteiger partial charge in [-0.1, -0.05) is 20.8 Å². The summed E-state index contributed by atoms with van der Waals surface area (Å²) >= 11 is 0. The van der Waals surface area contributed by atoms with Gasteiger partial charge in [0.15, 0.2) is 26.4 Å². The first-order valence-electron chi connectivity index (χ1n) is 19.8. The summed E-state index contributed by atoms with van der Waals surface area (Å²) in [6.07, 6.45) is -11.4. The normalized spacial score (nSPS) is 12.9. The largest absolute Gasteiger partial charge is 0.465 e. The molecule has 0 aliphatic rings. The lowest BCUT2D eigenvalue weighted by Crippen LogP contribution is -2.37. The van der Waals surface area contributed by atoms with Crippen LogP contribution < -0.4 is 0 Å². The van der Waals surface area contributed by atoms with E-state index >= 15 is 0 Å². The van der Waals surface area contributed by atoms with Gasteiger partial charge in [-0.3, -0.25) is 19.2 Å². The molecule has 0 spiro atoms. The number of alkyl halides is 13. The van der Waals surface area contributed by atoms with E-state index < -0.39 is 134 Å². The molecule has 384 valence electrons. The fourth-order valence-corrected chi connectivity index (χ4v) is 3.66. The van der Waals surface area contributed by atoms with Crippen LogP contribution in [0.4, 0.5) is 57.1 Å². The zero-order valence-electron chi connectivity index (χ0n) is 38.2. The lowest BCUT2D eigenvalue weighted by molar-refractivity contribution is -0.213. The third-order valence-electron chi connectivity index (χ3n) is 8.73. The molecule has 0 aliphatic carbocycles. The Morgan fingerprint density at radius 2 is 0.738 bits per heavy atom. The van der Waals surface area contributed by atoms with Crippen molar-refractivity contribution >= 4 is 35.8 Å². The molecule has 25 heteroatoms. The Morgan fingerprint density at radius 1 is 0.385 bits per heavy atom. The second-order valence-electron chi connectivity index (χ2n) is 16.9. The van der Waals surface area contributed by atoms with Gasteiger partial charge >= 0.3 is 42.0 Å². The van der Waals surface area contributed by atoms with E-state index in [2.05, 4.69) is 23.7 Å². The second kappa shape index (κ2) is 26.9. The monoisotopic (exact) mass is 980 g/mol. The number of esters is 6. The van der Waals surface area contributed by atoms with Gasteiger partial charge in [0.25, 0.3) is 23.7 Å². The van der Waals surface area contributed by atoms with Crippen LogP contribution in [0.2, 0.25) is 0 Å². The van der Waals surface area contributed by atoms with Gasteiger partial charge in [0.2, 0.25) is 5.92 Å². The number of carbonyl (C=O) groups is 6. The molecule has 0 heterocycles. The maximum atomic E-state index is 13.3. The molecular formula is C40H61F13O12. The number of hydrogen-bond acceptors (Lipinski definition) is 12. The fourth-order valence-electron chi connectivity index (χ4n) is 3.66. The van der Waals surface area contributed by atoms with Gasteiger partial charge in [-0.2, -0.15) is 13.2 Å². The van der Waals surface area contributed by atoms with Crippen molar-refractivity contribution in [3.63, 3.8) is 0 Å². The molecule has 65 heavy (non-hydrogen) atoms. The van der Waals surface area contributed by atoms with Gasteiger partial charge in [0.1, 0.15) is 13.0 Å². The van der Waals surface area contributed by atoms with E-state index in [0.717, 1.165) is 6.92 Å². The lowest BCUT2D eigenvalue weighted by atomic mass is 9.91. The third-order valence-corrected chi connectivity index (χ3v) is 8.73. The Balaban J connectivity index is -0.000000896. The summed E-state index contributed by atoms with van der Waals surface area (Å²) in [5.41, 5.74) is -2.33. The Kier molecular flexibility index (Phi) is 27.0. The van der Waals surface area contributed by atoms with E-state index in [1.165, 1.54) is 13.8 Å². The highest BCUT2D eigenvalue weighted by atomic mass is 19.4. The molecule has 0 fully saturated rings. The fraction of sp³-hybridized carbons (Fsp3) is 0.850. The summed E-state index contributed by atoms with van der Waals surface area (Å²) in [6, 6.07) is 0. The molecule has 0 radical (unpaired) electrons. The van der Waals surface area contributed by atoms with E-state index in [4.69, 9.17) is 4.74 Å². The predicted octanol–water partition coefficient (Wildman–Crippen LogP) is 10.3. The minimum Gasteiger partial charge on any atom is -0.465 e. The van der Waals surface area contributed by atoms with Crippen LogP contribution in [0.15, 0.2) is 0 Å². The van der Waals surface area contributed by atoms with Gasteiger partial charge < -0.3 is 28.4 Å². The van der Waals surface area contributed by atoms with Gasteiger partial charge in [-0.05, 0) is 74.7 Å². The molecular weight excluding hydrogens is 919 g/mol. The first kappa shape index (κ1) is 65.2. The molecule has 12 nitrogen and oxygen atoms in total. The lowest BCUT2D eigenvalue weighted by Gasteiger charge is -2.24. The highest BCUT2D eigenvalue weighted by Gasteiger charge is 2.50. The van der Waals surface area contributed by atoms with Gasteiger partial charge in [0.05, 0.1) is 42.1 Å². The summed E-state index contributed by atoms with van der Waals surface area (Å²) in [7, 11) is 0. The molecule has 0 aromatic carbocycles. The smallest absolute Gasteiger partial charge is 0.394 e. The summed E-state index contributed by atoms with van der Waals surface area (Å²) in [5, 5.41) is 0. The number of carbonyl (C=O) groups excluding carboxylic acids is 6. The van der Waals surface area contributed by atoms with E-state index in [1.54, 1.807) is 41.5 Å². The maximum absolute atomic E-state index is 13.3. The van der Waals surface area contributed by atoms with Gasteiger partial charge in [-0.25, -0.2) is 53.5 Å². The summed E-state index contributed by atoms with van der Waals surface area (Å²) in [4.78, 5) is 68.1. The molecule has 0 aromatic rings. The zero-order valence-corrected chi connectivity index (χ0v) is 38.2.